The molecular formula is C32H51ClO20. The number of hydrogen-bond acceptors (Lipinski definition) is 20. The number of Topliss-reactive ketones (excluding diaryl/α,β-unsaturated/α-hetero) is 1. The van der Waals surface area contributed by atoms with E-state index < -0.39 is 136 Å². The highest BCUT2D eigenvalue weighted by atomic mass is 35.5. The molecule has 0 radical (unpaired) electrons. The molecule has 20 nitrogen and oxygen atoms in total. The smallest absolute Gasteiger partial charge is 0.321 e. The summed E-state index contributed by atoms with van der Waals surface area (Å²) in [6.07, 6.45) is -23.7. The minimum atomic E-state index is -1.97. The second-order valence-corrected chi connectivity index (χ2v) is 13.1. The Morgan fingerprint density at radius 2 is 1.28 bits per heavy atom. The number of ether oxygens (including phenoxy) is 9. The van der Waals surface area contributed by atoms with Crippen molar-refractivity contribution in [3.63, 3.8) is 0 Å². The van der Waals surface area contributed by atoms with Crippen molar-refractivity contribution >= 4 is 35.3 Å². The number of aliphatic hydroxyl groups is 7. The van der Waals surface area contributed by atoms with Crippen LogP contribution in [0.2, 0.25) is 0 Å². The largest absolute Gasteiger partial charge is 0.469 e. The summed E-state index contributed by atoms with van der Waals surface area (Å²) < 4.78 is 50.9. The lowest BCUT2D eigenvalue weighted by atomic mass is 9.96. The fraction of sp³-hybridized carbons (Fsp3) is 0.875. The summed E-state index contributed by atoms with van der Waals surface area (Å²) in [7, 11) is 1.26. The second-order valence-electron chi connectivity index (χ2n) is 12.9. The monoisotopic (exact) mass is 790 g/mol. The van der Waals surface area contributed by atoms with Crippen LogP contribution in [0.5, 0.6) is 0 Å². The van der Waals surface area contributed by atoms with Gasteiger partial charge in [-0.1, -0.05) is 6.42 Å². The highest BCUT2D eigenvalue weighted by Gasteiger charge is 2.55. The first kappa shape index (κ1) is 45.2. The molecule has 3 fully saturated rings. The lowest BCUT2D eigenvalue weighted by Gasteiger charge is -2.48. The first-order valence-electron chi connectivity index (χ1n) is 17.2. The van der Waals surface area contributed by atoms with E-state index in [0.717, 1.165) is 0 Å². The standard InChI is InChI=1S/C32H51ClO20/c1-14(35)8-9-19(37)51-27-17(13-47-30-25(43)23(41)21(39)15(2)48-30)50-32(46-10-6-4-5-7-18(36)45-3)29(52-20(38)11-33)28(27)53-31-26(44)24(42)22(40)16(12-34)49-31/h15-17,21-32,34,39-44H,4-13H2,1-3H3/t15-,16+,17+,21+,22+,23+,24-,25-,26+,27-,28-,29+,30-,31+,32+/m0/s1. The molecule has 3 heterocycles. The van der Waals surface area contributed by atoms with E-state index in [1.54, 1.807) is 0 Å². The summed E-state index contributed by atoms with van der Waals surface area (Å²) in [5.74, 6) is -3.41. The zero-order chi connectivity index (χ0) is 39.4. The fourth-order valence-electron chi connectivity index (χ4n) is 5.77. The van der Waals surface area contributed by atoms with Gasteiger partial charge in [-0.15, -0.1) is 11.6 Å². The zero-order valence-corrected chi connectivity index (χ0v) is 30.3. The first-order chi connectivity index (χ1) is 25.1. The molecule has 3 rings (SSSR count). The lowest BCUT2D eigenvalue weighted by molar-refractivity contribution is -0.366. The molecule has 0 aromatic heterocycles. The van der Waals surface area contributed by atoms with Crippen LogP contribution in [0.3, 0.4) is 0 Å². The quantitative estimate of drug-likeness (QED) is 0.0295. The van der Waals surface area contributed by atoms with Crippen LogP contribution in [0.4, 0.5) is 0 Å². The maximum Gasteiger partial charge on any atom is 0.321 e. The van der Waals surface area contributed by atoms with Crippen LogP contribution < -0.4 is 0 Å². The number of esters is 3. The van der Waals surface area contributed by atoms with Crippen LogP contribution in [0.1, 0.15) is 52.4 Å². The summed E-state index contributed by atoms with van der Waals surface area (Å²) >= 11 is 5.76. The average molecular weight is 791 g/mol. The van der Waals surface area contributed by atoms with Gasteiger partial charge in [0.2, 0.25) is 0 Å². The molecule has 0 aromatic carbocycles. The van der Waals surface area contributed by atoms with Gasteiger partial charge >= 0.3 is 17.9 Å². The van der Waals surface area contributed by atoms with Gasteiger partial charge < -0.3 is 83.2 Å². The van der Waals surface area contributed by atoms with E-state index in [4.69, 9.17) is 49.5 Å². The number of carbonyl (C=O) groups excluding carboxylic acids is 4. The number of carbonyl (C=O) groups is 4. The van der Waals surface area contributed by atoms with Crippen LogP contribution in [0.25, 0.3) is 0 Å². The van der Waals surface area contributed by atoms with E-state index in [1.165, 1.54) is 21.0 Å². The average Bonchev–Trinajstić information content (AvgIpc) is 3.13. The summed E-state index contributed by atoms with van der Waals surface area (Å²) in [5, 5.41) is 72.4. The third-order valence-electron chi connectivity index (χ3n) is 8.82. The van der Waals surface area contributed by atoms with E-state index in [2.05, 4.69) is 4.74 Å². The molecule has 53 heavy (non-hydrogen) atoms. The SMILES string of the molecule is COC(=O)CCCCCO[C@@H]1O[C@H](CO[C@H]2O[C@@H](C)[C@@H](O)[C@@H](O)[C@@H]2O)[C@H](OC(=O)CCC(C)=O)[C@H](O[C@H]2O[C@H](CO)[C@@H](O)[C@H](O)[C@H]2O)[C@H]1OC(=O)CCl. The van der Waals surface area contributed by atoms with Crippen LogP contribution in [-0.4, -0.2) is 184 Å². The number of methoxy groups -OCH3 is 1. The van der Waals surface area contributed by atoms with Crippen LogP contribution in [-0.2, 0) is 61.8 Å². The first-order valence-corrected chi connectivity index (χ1v) is 17.7. The molecule has 0 bridgehead atoms. The van der Waals surface area contributed by atoms with Gasteiger partial charge in [-0.2, -0.15) is 0 Å². The number of halogens is 1. The molecule has 0 aliphatic carbocycles. The maximum absolute atomic E-state index is 13.1. The summed E-state index contributed by atoms with van der Waals surface area (Å²) in [6, 6.07) is 0. The van der Waals surface area contributed by atoms with Crippen LogP contribution >= 0.6 is 11.6 Å². The van der Waals surface area contributed by atoms with E-state index in [1.807, 2.05) is 0 Å². The Hall–Kier alpha value is -2.15. The van der Waals surface area contributed by atoms with Gasteiger partial charge in [0.1, 0.15) is 66.6 Å². The Morgan fingerprint density at radius 3 is 1.92 bits per heavy atom. The lowest BCUT2D eigenvalue weighted by Crippen LogP contribution is -2.66. The number of hydrogen-bond donors (Lipinski definition) is 7. The van der Waals surface area contributed by atoms with Gasteiger partial charge in [-0.25, -0.2) is 0 Å². The van der Waals surface area contributed by atoms with Crippen molar-refractivity contribution in [2.75, 3.05) is 32.8 Å². The Morgan fingerprint density at radius 1 is 0.642 bits per heavy atom. The Labute approximate surface area is 310 Å². The molecule has 0 amide bonds. The van der Waals surface area contributed by atoms with Crippen molar-refractivity contribution in [2.24, 2.45) is 0 Å². The number of rotatable bonds is 19. The Bertz CT molecular complexity index is 1180. The van der Waals surface area contributed by atoms with Crippen molar-refractivity contribution in [2.45, 2.75) is 144 Å². The Balaban J connectivity index is 2.00. The van der Waals surface area contributed by atoms with Gasteiger partial charge in [0.05, 0.1) is 32.8 Å². The number of unbranched alkanes of at least 4 members (excludes halogenated alkanes) is 2. The molecule has 0 aromatic rings. The minimum absolute atomic E-state index is 0.0593. The molecule has 21 heteroatoms. The van der Waals surface area contributed by atoms with Crippen LogP contribution in [0, 0.1) is 0 Å². The van der Waals surface area contributed by atoms with E-state index in [0.29, 0.717) is 19.3 Å². The predicted molar refractivity (Wildman–Crippen MR) is 172 cm³/mol. The normalized spacial score (nSPS) is 37.5. The van der Waals surface area contributed by atoms with Crippen molar-refractivity contribution in [1.29, 1.82) is 0 Å². The molecular weight excluding hydrogens is 740 g/mol. The summed E-state index contributed by atoms with van der Waals surface area (Å²) in [5.41, 5.74) is 0. The molecule has 306 valence electrons. The molecule has 3 aliphatic rings. The van der Waals surface area contributed by atoms with Crippen molar-refractivity contribution in [3.8, 4) is 0 Å². The molecule has 7 N–H and O–H groups in total. The highest BCUT2D eigenvalue weighted by Crippen LogP contribution is 2.34. The van der Waals surface area contributed by atoms with Gasteiger partial charge in [-0.3, -0.25) is 14.4 Å². The van der Waals surface area contributed by atoms with E-state index in [9.17, 15) is 54.9 Å². The highest BCUT2D eigenvalue weighted by molar-refractivity contribution is 6.26. The number of aliphatic hydroxyl groups excluding tert-OH is 7. The molecule has 0 unspecified atom stereocenters. The summed E-state index contributed by atoms with van der Waals surface area (Å²) in [6.45, 7) is 1.16. The molecule has 3 aliphatic heterocycles. The molecule has 0 saturated carbocycles. The molecule has 15 atom stereocenters. The second kappa shape index (κ2) is 21.8. The van der Waals surface area contributed by atoms with E-state index >= 15 is 0 Å². The van der Waals surface area contributed by atoms with Crippen molar-refractivity contribution in [1.82, 2.24) is 0 Å². The Kier molecular flexibility index (Phi) is 18.6. The number of alkyl halides is 1. The van der Waals surface area contributed by atoms with Gasteiger partial charge in [-0.05, 0) is 26.7 Å². The zero-order valence-electron chi connectivity index (χ0n) is 29.5. The predicted octanol–water partition coefficient (Wildman–Crippen LogP) is -3.08. The van der Waals surface area contributed by atoms with Crippen molar-refractivity contribution in [3.05, 3.63) is 0 Å². The third kappa shape index (κ3) is 12.7. The van der Waals surface area contributed by atoms with Crippen LogP contribution in [0.15, 0.2) is 0 Å². The van der Waals surface area contributed by atoms with Gasteiger partial charge in [0.15, 0.2) is 31.1 Å². The minimum Gasteiger partial charge on any atom is -0.469 e. The molecule has 0 spiro atoms. The maximum atomic E-state index is 13.1. The van der Waals surface area contributed by atoms with Gasteiger partial charge in [0.25, 0.3) is 0 Å². The van der Waals surface area contributed by atoms with E-state index in [-0.39, 0.29) is 25.2 Å². The fourth-order valence-corrected chi connectivity index (χ4v) is 5.83. The number of ketones is 1. The summed E-state index contributed by atoms with van der Waals surface area (Å²) in [4.78, 5) is 48.9. The topological polar surface area (TPSA) is 293 Å². The third-order valence-corrected chi connectivity index (χ3v) is 9.04. The van der Waals surface area contributed by atoms with Crippen molar-refractivity contribution < 1.29 is 97.6 Å². The van der Waals surface area contributed by atoms with Gasteiger partial charge in [0, 0.05) is 19.4 Å². The molecule has 3 saturated heterocycles.